The molecule has 4 aromatic rings. The van der Waals surface area contributed by atoms with Crippen LogP contribution in [-0.4, -0.2) is 33.5 Å². The van der Waals surface area contributed by atoms with E-state index in [1.54, 1.807) is 23.6 Å². The number of allylic oxidation sites excluding steroid dienone is 1. The maximum absolute atomic E-state index is 13.9. The number of thioether (sulfide) groups is 1. The van der Waals surface area contributed by atoms with Gasteiger partial charge in [-0.25, -0.2) is 4.68 Å². The molecule has 0 aliphatic carbocycles. The number of para-hydroxylation sites is 2. The van der Waals surface area contributed by atoms with Crippen molar-refractivity contribution in [3.05, 3.63) is 101 Å². The third-order valence-electron chi connectivity index (χ3n) is 7.29. The predicted molar refractivity (Wildman–Crippen MR) is 173 cm³/mol. The number of benzene rings is 3. The molecule has 9 heteroatoms. The summed E-state index contributed by atoms with van der Waals surface area (Å²) in [5.41, 5.74) is 5.25. The van der Waals surface area contributed by atoms with Crippen molar-refractivity contribution in [2.75, 3.05) is 23.5 Å². The SMILES string of the molecule is CCCSc1nc2n(n1)C(c1ccc(OCc3ccc(C(C)(C)C)cc3)cc1)C(C(=O)Nc1ccccc1OC)=C(C)N2. The molecule has 2 heterocycles. The van der Waals surface area contributed by atoms with Gasteiger partial charge >= 0.3 is 0 Å². The Morgan fingerprint density at radius 3 is 2.44 bits per heavy atom. The number of carbonyl (C=O) groups is 1. The lowest BCUT2D eigenvalue weighted by molar-refractivity contribution is -0.113. The van der Waals surface area contributed by atoms with Gasteiger partial charge in [-0.1, -0.05) is 88.0 Å². The van der Waals surface area contributed by atoms with Crippen molar-refractivity contribution in [3.63, 3.8) is 0 Å². The normalized spacial score (nSPS) is 14.6. The Morgan fingerprint density at radius 2 is 1.77 bits per heavy atom. The summed E-state index contributed by atoms with van der Waals surface area (Å²) in [6.45, 7) is 11.1. The summed E-state index contributed by atoms with van der Waals surface area (Å²) in [6, 6.07) is 23.3. The van der Waals surface area contributed by atoms with Crippen LogP contribution in [0.3, 0.4) is 0 Å². The Kier molecular flexibility index (Phi) is 9.11. The van der Waals surface area contributed by atoms with E-state index in [4.69, 9.17) is 19.6 Å². The van der Waals surface area contributed by atoms with E-state index in [9.17, 15) is 4.79 Å². The lowest BCUT2D eigenvalue weighted by Crippen LogP contribution is -2.31. The molecule has 0 spiro atoms. The van der Waals surface area contributed by atoms with Crippen LogP contribution in [0.5, 0.6) is 11.5 Å². The molecule has 1 amide bonds. The molecule has 224 valence electrons. The first-order valence-electron chi connectivity index (χ1n) is 14.5. The number of nitrogens with zero attached hydrogens (tertiary/aromatic N) is 3. The average Bonchev–Trinajstić information content (AvgIpc) is 3.40. The molecule has 0 saturated carbocycles. The Hall–Kier alpha value is -4.24. The average molecular weight is 598 g/mol. The minimum Gasteiger partial charge on any atom is -0.495 e. The van der Waals surface area contributed by atoms with E-state index in [2.05, 4.69) is 62.6 Å². The highest BCUT2D eigenvalue weighted by Gasteiger charge is 2.34. The predicted octanol–water partition coefficient (Wildman–Crippen LogP) is 7.59. The fraction of sp³-hybridized carbons (Fsp3) is 0.324. The van der Waals surface area contributed by atoms with E-state index >= 15 is 0 Å². The van der Waals surface area contributed by atoms with Crippen molar-refractivity contribution in [2.24, 2.45) is 0 Å². The Labute approximate surface area is 257 Å². The zero-order chi connectivity index (χ0) is 30.6. The lowest BCUT2D eigenvalue weighted by Gasteiger charge is -2.29. The number of amides is 1. The number of anilines is 2. The maximum Gasteiger partial charge on any atom is 0.255 e. The summed E-state index contributed by atoms with van der Waals surface area (Å²) in [6.07, 6.45) is 1.01. The molecule has 1 aromatic heterocycles. The van der Waals surface area contributed by atoms with Crippen molar-refractivity contribution >= 4 is 29.3 Å². The molecule has 8 nitrogen and oxygen atoms in total. The Balaban J connectivity index is 1.42. The van der Waals surface area contributed by atoms with Crippen LogP contribution in [0, 0.1) is 0 Å². The highest BCUT2D eigenvalue weighted by molar-refractivity contribution is 7.99. The molecule has 43 heavy (non-hydrogen) atoms. The van der Waals surface area contributed by atoms with Crippen molar-refractivity contribution < 1.29 is 14.3 Å². The van der Waals surface area contributed by atoms with E-state index < -0.39 is 6.04 Å². The monoisotopic (exact) mass is 597 g/mol. The number of methoxy groups -OCH3 is 1. The third-order valence-corrected chi connectivity index (χ3v) is 8.33. The van der Waals surface area contributed by atoms with Crippen LogP contribution in [0.1, 0.15) is 63.8 Å². The zero-order valence-electron chi connectivity index (χ0n) is 25.6. The van der Waals surface area contributed by atoms with Crippen LogP contribution in [0.25, 0.3) is 0 Å². The molecule has 1 unspecified atom stereocenters. The largest absolute Gasteiger partial charge is 0.495 e. The standard InChI is InChI=1S/C34H39N5O3S/c1-7-20-43-33-37-32-35-22(2)29(31(40)36-27-10-8-9-11-28(27)41-6)30(39(32)38-33)24-14-18-26(19-15-24)42-21-23-12-16-25(17-13-23)34(3,4)5/h8-19,30H,7,20-21H2,1-6H3,(H,36,40)(H,35,37,38). The number of carbonyl (C=O) groups excluding carboxylic acids is 1. The van der Waals surface area contributed by atoms with E-state index in [0.717, 1.165) is 29.1 Å². The molecule has 0 bridgehead atoms. The van der Waals surface area contributed by atoms with Gasteiger partial charge in [0.1, 0.15) is 24.1 Å². The molecular weight excluding hydrogens is 558 g/mol. The van der Waals surface area contributed by atoms with E-state index in [0.29, 0.717) is 40.4 Å². The molecule has 0 radical (unpaired) electrons. The van der Waals surface area contributed by atoms with E-state index in [1.165, 1.54) is 5.56 Å². The summed E-state index contributed by atoms with van der Waals surface area (Å²) in [5, 5.41) is 11.8. The van der Waals surface area contributed by atoms with Crippen LogP contribution in [0.15, 0.2) is 89.2 Å². The minimum absolute atomic E-state index is 0.110. The molecule has 0 fully saturated rings. The number of hydrogen-bond donors (Lipinski definition) is 2. The van der Waals surface area contributed by atoms with Gasteiger partial charge in [-0.3, -0.25) is 4.79 Å². The molecule has 0 saturated heterocycles. The summed E-state index contributed by atoms with van der Waals surface area (Å²) < 4.78 is 13.4. The Morgan fingerprint density at radius 1 is 1.05 bits per heavy atom. The van der Waals surface area contributed by atoms with Gasteiger partial charge in [0.15, 0.2) is 0 Å². The lowest BCUT2D eigenvalue weighted by atomic mass is 9.87. The van der Waals surface area contributed by atoms with E-state index in [1.807, 2.05) is 55.5 Å². The van der Waals surface area contributed by atoms with Gasteiger partial charge in [0.2, 0.25) is 11.1 Å². The second-order valence-electron chi connectivity index (χ2n) is 11.5. The summed E-state index contributed by atoms with van der Waals surface area (Å²) in [7, 11) is 1.59. The quantitative estimate of drug-likeness (QED) is 0.182. The van der Waals surface area contributed by atoms with Crippen LogP contribution in [0.4, 0.5) is 11.6 Å². The topological polar surface area (TPSA) is 90.3 Å². The van der Waals surface area contributed by atoms with Crippen LogP contribution in [0.2, 0.25) is 0 Å². The highest BCUT2D eigenvalue weighted by atomic mass is 32.2. The first-order chi connectivity index (χ1) is 20.7. The van der Waals surface area contributed by atoms with Gasteiger partial charge in [0.05, 0.1) is 18.4 Å². The van der Waals surface area contributed by atoms with Crippen LogP contribution in [-0.2, 0) is 16.8 Å². The van der Waals surface area contributed by atoms with Gasteiger partial charge in [-0.15, -0.1) is 5.10 Å². The zero-order valence-corrected chi connectivity index (χ0v) is 26.4. The van der Waals surface area contributed by atoms with Gasteiger partial charge in [0, 0.05) is 11.4 Å². The number of nitrogens with one attached hydrogen (secondary N) is 2. The maximum atomic E-state index is 13.9. The minimum atomic E-state index is -0.492. The first-order valence-corrected chi connectivity index (χ1v) is 15.5. The molecule has 1 aliphatic heterocycles. The second kappa shape index (κ2) is 13.0. The number of fused-ring (bicyclic) bond motifs is 1. The van der Waals surface area contributed by atoms with Crippen molar-refractivity contribution in [1.29, 1.82) is 0 Å². The molecular formula is C34H39N5O3S. The van der Waals surface area contributed by atoms with Crippen LogP contribution < -0.4 is 20.1 Å². The summed E-state index contributed by atoms with van der Waals surface area (Å²) >= 11 is 1.60. The second-order valence-corrected chi connectivity index (χ2v) is 12.6. The third kappa shape index (κ3) is 6.88. The summed E-state index contributed by atoms with van der Waals surface area (Å²) in [4.78, 5) is 18.6. The van der Waals surface area contributed by atoms with E-state index in [-0.39, 0.29) is 11.3 Å². The highest BCUT2D eigenvalue weighted by Crippen LogP contribution is 2.38. The van der Waals surface area contributed by atoms with Gasteiger partial charge < -0.3 is 20.1 Å². The first kappa shape index (κ1) is 30.2. The number of hydrogen-bond acceptors (Lipinski definition) is 7. The van der Waals surface area contributed by atoms with Gasteiger partial charge in [0.25, 0.3) is 5.91 Å². The fourth-order valence-corrected chi connectivity index (χ4v) is 5.62. The smallest absolute Gasteiger partial charge is 0.255 e. The van der Waals surface area contributed by atoms with Crippen molar-refractivity contribution in [2.45, 2.75) is 64.3 Å². The molecule has 5 rings (SSSR count). The fourth-order valence-electron chi connectivity index (χ4n) is 4.94. The summed E-state index contributed by atoms with van der Waals surface area (Å²) in [5.74, 6) is 2.60. The molecule has 1 aliphatic rings. The molecule has 2 N–H and O–H groups in total. The van der Waals surface area contributed by atoms with Gasteiger partial charge in [-0.05, 0) is 59.7 Å². The number of ether oxygens (including phenoxy) is 2. The number of rotatable bonds is 10. The Bertz CT molecular complexity index is 1600. The van der Waals surface area contributed by atoms with Gasteiger partial charge in [-0.2, -0.15) is 4.98 Å². The van der Waals surface area contributed by atoms with Crippen molar-refractivity contribution in [3.8, 4) is 11.5 Å². The molecule has 1 atom stereocenters. The molecule has 3 aromatic carbocycles. The van der Waals surface area contributed by atoms with Crippen molar-refractivity contribution in [1.82, 2.24) is 14.8 Å². The van der Waals surface area contributed by atoms with Crippen LogP contribution >= 0.6 is 11.8 Å². The number of aromatic nitrogens is 3.